The lowest BCUT2D eigenvalue weighted by molar-refractivity contribution is -0.387. The van der Waals surface area contributed by atoms with Gasteiger partial charge in [0.2, 0.25) is 5.82 Å². The standard InChI is InChI=1S/C13H16F2N2O3/c14-11-9-13(17(18)19)12(15)8-10(11)2-1-3-16-4-6-20-7-5-16/h8-9H,1-7H2. The van der Waals surface area contributed by atoms with Gasteiger partial charge in [0.25, 0.3) is 0 Å². The summed E-state index contributed by atoms with van der Waals surface area (Å²) in [6.45, 7) is 3.86. The summed E-state index contributed by atoms with van der Waals surface area (Å²) in [4.78, 5) is 11.8. The molecule has 0 saturated carbocycles. The van der Waals surface area contributed by atoms with E-state index >= 15 is 0 Å². The van der Waals surface area contributed by atoms with Crippen LogP contribution in [0.25, 0.3) is 0 Å². The Bertz CT molecular complexity index is 491. The SMILES string of the molecule is O=[N+]([O-])c1cc(F)c(CCCN2CCOCC2)cc1F. The van der Waals surface area contributed by atoms with E-state index in [1.807, 2.05) is 0 Å². The Hall–Kier alpha value is -1.60. The fourth-order valence-electron chi connectivity index (χ4n) is 2.23. The molecule has 0 N–H and O–H groups in total. The number of benzene rings is 1. The summed E-state index contributed by atoms with van der Waals surface area (Å²) in [6.07, 6.45) is 1.03. The maximum absolute atomic E-state index is 13.7. The predicted molar refractivity (Wildman–Crippen MR) is 68.6 cm³/mol. The highest BCUT2D eigenvalue weighted by Gasteiger charge is 2.18. The van der Waals surface area contributed by atoms with Crippen molar-refractivity contribution in [2.45, 2.75) is 12.8 Å². The van der Waals surface area contributed by atoms with Crippen LogP contribution in [0, 0.1) is 21.7 Å². The first-order valence-corrected chi connectivity index (χ1v) is 6.50. The molecule has 1 aliphatic heterocycles. The van der Waals surface area contributed by atoms with Crippen LogP contribution in [0.2, 0.25) is 0 Å². The van der Waals surface area contributed by atoms with Crippen LogP contribution in [-0.4, -0.2) is 42.7 Å². The van der Waals surface area contributed by atoms with Crippen LogP contribution in [0.15, 0.2) is 12.1 Å². The van der Waals surface area contributed by atoms with Gasteiger partial charge in [0.15, 0.2) is 0 Å². The first-order valence-electron chi connectivity index (χ1n) is 6.50. The third kappa shape index (κ3) is 3.71. The van der Waals surface area contributed by atoms with Crippen LogP contribution >= 0.6 is 0 Å². The van der Waals surface area contributed by atoms with Crippen molar-refractivity contribution < 1.29 is 18.4 Å². The second-order valence-corrected chi connectivity index (χ2v) is 4.71. The van der Waals surface area contributed by atoms with E-state index in [0.717, 1.165) is 25.7 Å². The highest BCUT2D eigenvalue weighted by atomic mass is 19.1. The van der Waals surface area contributed by atoms with E-state index in [-0.39, 0.29) is 5.56 Å². The molecule has 1 aromatic carbocycles. The van der Waals surface area contributed by atoms with Crippen molar-refractivity contribution in [1.29, 1.82) is 0 Å². The Morgan fingerprint density at radius 3 is 2.60 bits per heavy atom. The number of ether oxygens (including phenoxy) is 1. The molecule has 0 bridgehead atoms. The van der Waals surface area contributed by atoms with Crippen LogP contribution in [0.5, 0.6) is 0 Å². The molecule has 2 rings (SSSR count). The number of hydrogen-bond donors (Lipinski definition) is 0. The van der Waals surface area contributed by atoms with E-state index in [1.165, 1.54) is 0 Å². The Kier molecular flexibility index (Phi) is 4.97. The number of aryl methyl sites for hydroxylation is 1. The van der Waals surface area contributed by atoms with E-state index in [0.29, 0.717) is 32.1 Å². The van der Waals surface area contributed by atoms with Crippen molar-refractivity contribution in [3.8, 4) is 0 Å². The number of nitrogens with zero attached hydrogens (tertiary/aromatic N) is 2. The van der Waals surface area contributed by atoms with E-state index in [2.05, 4.69) is 4.90 Å². The van der Waals surface area contributed by atoms with Crippen LogP contribution in [0.4, 0.5) is 14.5 Å². The molecule has 0 radical (unpaired) electrons. The van der Waals surface area contributed by atoms with Crippen molar-refractivity contribution in [3.63, 3.8) is 0 Å². The summed E-state index contributed by atoms with van der Waals surface area (Å²) in [7, 11) is 0. The molecule has 1 saturated heterocycles. The third-order valence-electron chi connectivity index (χ3n) is 3.34. The summed E-state index contributed by atoms with van der Waals surface area (Å²) in [5, 5.41) is 10.5. The Morgan fingerprint density at radius 1 is 1.25 bits per heavy atom. The van der Waals surface area contributed by atoms with E-state index in [1.54, 1.807) is 0 Å². The van der Waals surface area contributed by atoms with Gasteiger partial charge in [-0.1, -0.05) is 0 Å². The van der Waals surface area contributed by atoms with Gasteiger partial charge in [-0.25, -0.2) is 4.39 Å². The fraction of sp³-hybridized carbons (Fsp3) is 0.538. The average Bonchev–Trinajstić information content (AvgIpc) is 2.43. The summed E-state index contributed by atoms with van der Waals surface area (Å²) in [6, 6.07) is 1.58. The molecule has 1 aliphatic rings. The molecule has 110 valence electrons. The monoisotopic (exact) mass is 286 g/mol. The Morgan fingerprint density at radius 2 is 1.95 bits per heavy atom. The molecule has 0 aliphatic carbocycles. The number of nitro groups is 1. The third-order valence-corrected chi connectivity index (χ3v) is 3.34. The van der Waals surface area contributed by atoms with Crippen molar-refractivity contribution >= 4 is 5.69 Å². The summed E-state index contributed by atoms with van der Waals surface area (Å²) >= 11 is 0. The van der Waals surface area contributed by atoms with Gasteiger partial charge in [0.05, 0.1) is 24.2 Å². The van der Waals surface area contributed by atoms with Crippen molar-refractivity contribution in [3.05, 3.63) is 39.4 Å². The zero-order chi connectivity index (χ0) is 14.5. The zero-order valence-corrected chi connectivity index (χ0v) is 11.0. The minimum absolute atomic E-state index is 0.182. The summed E-state index contributed by atoms with van der Waals surface area (Å²) in [5.41, 5.74) is -0.638. The van der Waals surface area contributed by atoms with Crippen LogP contribution in [-0.2, 0) is 11.2 Å². The maximum atomic E-state index is 13.7. The fourth-order valence-corrected chi connectivity index (χ4v) is 2.23. The van der Waals surface area contributed by atoms with Gasteiger partial charge in [-0.05, 0) is 31.0 Å². The van der Waals surface area contributed by atoms with Crippen molar-refractivity contribution in [1.82, 2.24) is 4.90 Å². The van der Waals surface area contributed by atoms with Gasteiger partial charge in [-0.2, -0.15) is 4.39 Å². The number of rotatable bonds is 5. The zero-order valence-electron chi connectivity index (χ0n) is 11.0. The smallest absolute Gasteiger partial charge is 0.307 e. The summed E-state index contributed by atoms with van der Waals surface area (Å²) in [5.74, 6) is -1.71. The largest absolute Gasteiger partial charge is 0.379 e. The van der Waals surface area contributed by atoms with E-state index < -0.39 is 22.2 Å². The molecule has 0 amide bonds. The molecular formula is C13H16F2N2O3. The molecule has 0 aromatic heterocycles. The van der Waals surface area contributed by atoms with Gasteiger partial charge in [-0.15, -0.1) is 0 Å². The second kappa shape index (κ2) is 6.71. The van der Waals surface area contributed by atoms with E-state index in [9.17, 15) is 18.9 Å². The molecular weight excluding hydrogens is 270 g/mol. The molecule has 1 heterocycles. The number of morpholine rings is 1. The molecule has 1 aromatic rings. The lowest BCUT2D eigenvalue weighted by Crippen LogP contribution is -2.36. The normalized spacial score (nSPS) is 16.3. The van der Waals surface area contributed by atoms with Crippen LogP contribution in [0.1, 0.15) is 12.0 Å². The van der Waals surface area contributed by atoms with Gasteiger partial charge in [-0.3, -0.25) is 15.0 Å². The molecule has 0 atom stereocenters. The average molecular weight is 286 g/mol. The second-order valence-electron chi connectivity index (χ2n) is 4.71. The lowest BCUT2D eigenvalue weighted by Gasteiger charge is -2.26. The van der Waals surface area contributed by atoms with Gasteiger partial charge >= 0.3 is 5.69 Å². The van der Waals surface area contributed by atoms with Gasteiger partial charge in [0, 0.05) is 13.1 Å². The number of hydrogen-bond acceptors (Lipinski definition) is 4. The Labute approximate surface area is 115 Å². The molecule has 0 unspecified atom stereocenters. The van der Waals surface area contributed by atoms with Gasteiger partial charge in [0.1, 0.15) is 5.82 Å². The number of nitro benzene ring substituents is 1. The first-order chi connectivity index (χ1) is 9.58. The topological polar surface area (TPSA) is 55.6 Å². The number of halogens is 2. The minimum Gasteiger partial charge on any atom is -0.379 e. The predicted octanol–water partition coefficient (Wildman–Crippen LogP) is 2.14. The summed E-state index contributed by atoms with van der Waals surface area (Å²) < 4.78 is 32.3. The van der Waals surface area contributed by atoms with E-state index in [4.69, 9.17) is 4.74 Å². The highest BCUT2D eigenvalue weighted by Crippen LogP contribution is 2.22. The molecule has 1 fully saturated rings. The molecule has 20 heavy (non-hydrogen) atoms. The maximum Gasteiger partial charge on any atom is 0.307 e. The molecule has 0 spiro atoms. The molecule has 7 heteroatoms. The van der Waals surface area contributed by atoms with Crippen molar-refractivity contribution in [2.75, 3.05) is 32.8 Å². The minimum atomic E-state index is -0.988. The Balaban J connectivity index is 1.92. The highest BCUT2D eigenvalue weighted by molar-refractivity contribution is 5.36. The lowest BCUT2D eigenvalue weighted by atomic mass is 10.1. The first kappa shape index (κ1) is 14.8. The van der Waals surface area contributed by atoms with Crippen LogP contribution in [0.3, 0.4) is 0 Å². The van der Waals surface area contributed by atoms with Crippen molar-refractivity contribution in [2.24, 2.45) is 0 Å². The quantitative estimate of drug-likeness (QED) is 0.614. The van der Waals surface area contributed by atoms with Gasteiger partial charge < -0.3 is 4.74 Å². The van der Waals surface area contributed by atoms with Crippen LogP contribution < -0.4 is 0 Å². The molecule has 5 nitrogen and oxygen atoms in total.